The first-order chi connectivity index (χ1) is 13.5. The van der Waals surface area contributed by atoms with E-state index < -0.39 is 6.09 Å². The molecule has 0 N–H and O–H groups in total. The van der Waals surface area contributed by atoms with Crippen LogP contribution in [0.3, 0.4) is 0 Å². The first kappa shape index (κ1) is 21.8. The summed E-state index contributed by atoms with van der Waals surface area (Å²) in [4.78, 5) is 14.0. The Morgan fingerprint density at radius 1 is 1.14 bits per heavy atom. The molecule has 0 bridgehead atoms. The van der Waals surface area contributed by atoms with Gasteiger partial charge in [-0.25, -0.2) is 4.79 Å². The average molecular weight is 418 g/mol. The highest BCUT2D eigenvalue weighted by molar-refractivity contribution is 6.42. The Balaban J connectivity index is 2.03. The maximum atomic E-state index is 12.5. The van der Waals surface area contributed by atoms with E-state index in [1.165, 1.54) is 4.90 Å². The molecule has 0 aliphatic rings. The molecule has 28 heavy (non-hydrogen) atoms. The van der Waals surface area contributed by atoms with Gasteiger partial charge in [0, 0.05) is 19.2 Å². The molecule has 0 atom stereocenters. The van der Waals surface area contributed by atoms with Crippen LogP contribution in [0.2, 0.25) is 10.0 Å². The Kier molecular flexibility index (Phi) is 8.90. The van der Waals surface area contributed by atoms with Gasteiger partial charge in [0.05, 0.1) is 23.2 Å². The fourth-order valence-electron chi connectivity index (χ4n) is 2.33. The van der Waals surface area contributed by atoms with E-state index in [1.54, 1.807) is 25.3 Å². The SMILES string of the molecule is C=C(COC)CN(CC#Cc1ccc(Cl)c(Cl)c1)C(=O)OCc1ccccc1. The summed E-state index contributed by atoms with van der Waals surface area (Å²) in [6.07, 6.45) is -0.468. The topological polar surface area (TPSA) is 38.8 Å². The van der Waals surface area contributed by atoms with E-state index in [1.807, 2.05) is 30.3 Å². The number of halogens is 2. The van der Waals surface area contributed by atoms with E-state index in [9.17, 15) is 4.79 Å². The third-order valence-corrected chi connectivity index (χ3v) is 4.39. The van der Waals surface area contributed by atoms with Crippen LogP contribution in [-0.2, 0) is 16.1 Å². The Bertz CT molecular complexity index is 872. The van der Waals surface area contributed by atoms with E-state index in [0.29, 0.717) is 22.2 Å². The van der Waals surface area contributed by atoms with Crippen molar-refractivity contribution in [2.45, 2.75) is 6.61 Å². The molecule has 1 amide bonds. The molecule has 0 aliphatic carbocycles. The summed E-state index contributed by atoms with van der Waals surface area (Å²) < 4.78 is 10.5. The molecule has 2 aromatic rings. The molecule has 0 aliphatic heterocycles. The lowest BCUT2D eigenvalue weighted by atomic mass is 10.2. The highest BCUT2D eigenvalue weighted by atomic mass is 35.5. The van der Waals surface area contributed by atoms with Gasteiger partial charge in [-0.05, 0) is 29.3 Å². The lowest BCUT2D eigenvalue weighted by Crippen LogP contribution is -2.34. The Morgan fingerprint density at radius 3 is 2.57 bits per heavy atom. The molecule has 0 saturated carbocycles. The van der Waals surface area contributed by atoms with Crippen molar-refractivity contribution in [1.29, 1.82) is 0 Å². The van der Waals surface area contributed by atoms with Crippen molar-refractivity contribution in [3.05, 3.63) is 81.9 Å². The predicted molar refractivity (Wildman–Crippen MR) is 113 cm³/mol. The summed E-state index contributed by atoms with van der Waals surface area (Å²) in [7, 11) is 1.58. The summed E-state index contributed by atoms with van der Waals surface area (Å²) in [6, 6.07) is 14.6. The van der Waals surface area contributed by atoms with Crippen LogP contribution in [0.4, 0.5) is 4.79 Å². The number of benzene rings is 2. The van der Waals surface area contributed by atoms with E-state index in [2.05, 4.69) is 18.4 Å². The molecule has 146 valence electrons. The summed E-state index contributed by atoms with van der Waals surface area (Å²) in [5.41, 5.74) is 2.37. The van der Waals surface area contributed by atoms with Crippen LogP contribution in [0.15, 0.2) is 60.7 Å². The molecule has 0 radical (unpaired) electrons. The van der Waals surface area contributed by atoms with Crippen LogP contribution in [-0.4, -0.2) is 37.8 Å². The molecule has 2 aromatic carbocycles. The van der Waals surface area contributed by atoms with Crippen LogP contribution in [0, 0.1) is 11.8 Å². The largest absolute Gasteiger partial charge is 0.445 e. The fraction of sp³-hybridized carbons (Fsp3) is 0.227. The lowest BCUT2D eigenvalue weighted by Gasteiger charge is -2.20. The van der Waals surface area contributed by atoms with Crippen LogP contribution >= 0.6 is 23.2 Å². The maximum absolute atomic E-state index is 12.5. The molecule has 0 fully saturated rings. The van der Waals surface area contributed by atoms with Gasteiger partial charge in [0.2, 0.25) is 0 Å². The van der Waals surface area contributed by atoms with Crippen LogP contribution in [0.1, 0.15) is 11.1 Å². The second kappa shape index (κ2) is 11.4. The Labute approximate surface area is 175 Å². The third kappa shape index (κ3) is 7.28. The van der Waals surface area contributed by atoms with Crippen molar-refractivity contribution < 1.29 is 14.3 Å². The molecule has 4 nitrogen and oxygen atoms in total. The monoisotopic (exact) mass is 417 g/mol. The number of amides is 1. The van der Waals surface area contributed by atoms with Gasteiger partial charge in [0.15, 0.2) is 0 Å². The van der Waals surface area contributed by atoms with E-state index in [4.69, 9.17) is 32.7 Å². The fourth-order valence-corrected chi connectivity index (χ4v) is 2.62. The highest BCUT2D eigenvalue weighted by Crippen LogP contribution is 2.22. The first-order valence-electron chi connectivity index (χ1n) is 8.54. The van der Waals surface area contributed by atoms with Crippen LogP contribution in [0.25, 0.3) is 0 Å². The van der Waals surface area contributed by atoms with Gasteiger partial charge >= 0.3 is 6.09 Å². The van der Waals surface area contributed by atoms with Crippen molar-refractivity contribution in [2.75, 3.05) is 26.8 Å². The van der Waals surface area contributed by atoms with Gasteiger partial charge in [-0.1, -0.05) is 72.0 Å². The summed E-state index contributed by atoms with van der Waals surface area (Å²) in [6.45, 7) is 4.92. The molecule has 0 unspecified atom stereocenters. The molecular formula is C22H21Cl2NO3. The zero-order chi connectivity index (χ0) is 20.4. The zero-order valence-electron chi connectivity index (χ0n) is 15.6. The number of rotatable bonds is 7. The smallest absolute Gasteiger partial charge is 0.411 e. The summed E-state index contributed by atoms with van der Waals surface area (Å²) in [5.74, 6) is 5.94. The van der Waals surface area contributed by atoms with E-state index in [0.717, 1.165) is 11.1 Å². The Hall–Kier alpha value is -2.45. The molecule has 0 aromatic heterocycles. The van der Waals surface area contributed by atoms with Crippen molar-refractivity contribution in [3.8, 4) is 11.8 Å². The lowest BCUT2D eigenvalue weighted by molar-refractivity contribution is 0.102. The standard InChI is InChI=1S/C22H21Cl2NO3/c1-17(15-27-2)14-25(22(26)28-16-19-7-4-3-5-8-19)12-6-9-18-10-11-20(23)21(24)13-18/h3-5,7-8,10-11,13H,1,12,14-16H2,2H3. The molecule has 2 rings (SSSR count). The molecule has 0 saturated heterocycles. The maximum Gasteiger partial charge on any atom is 0.411 e. The number of hydrogen-bond acceptors (Lipinski definition) is 3. The number of nitrogens with zero attached hydrogens (tertiary/aromatic N) is 1. The van der Waals surface area contributed by atoms with E-state index in [-0.39, 0.29) is 19.7 Å². The minimum Gasteiger partial charge on any atom is -0.445 e. The third-order valence-electron chi connectivity index (χ3n) is 3.65. The van der Waals surface area contributed by atoms with Crippen LogP contribution in [0.5, 0.6) is 0 Å². The van der Waals surface area contributed by atoms with Crippen molar-refractivity contribution in [2.24, 2.45) is 0 Å². The summed E-state index contributed by atoms with van der Waals surface area (Å²) in [5, 5.41) is 0.898. The second-order valence-electron chi connectivity index (χ2n) is 6.01. The normalized spacial score (nSPS) is 9.96. The zero-order valence-corrected chi connectivity index (χ0v) is 17.1. The van der Waals surface area contributed by atoms with Crippen molar-refractivity contribution in [1.82, 2.24) is 4.90 Å². The Morgan fingerprint density at radius 2 is 1.89 bits per heavy atom. The van der Waals surface area contributed by atoms with Gasteiger partial charge in [-0.15, -0.1) is 0 Å². The number of methoxy groups -OCH3 is 1. The number of hydrogen-bond donors (Lipinski definition) is 0. The first-order valence-corrected chi connectivity index (χ1v) is 9.30. The number of carbonyl (C=O) groups excluding carboxylic acids is 1. The molecular weight excluding hydrogens is 397 g/mol. The van der Waals surface area contributed by atoms with Gasteiger partial charge in [0.25, 0.3) is 0 Å². The van der Waals surface area contributed by atoms with E-state index >= 15 is 0 Å². The van der Waals surface area contributed by atoms with Gasteiger partial charge in [-0.2, -0.15) is 0 Å². The van der Waals surface area contributed by atoms with Crippen molar-refractivity contribution in [3.63, 3.8) is 0 Å². The minimum absolute atomic E-state index is 0.177. The summed E-state index contributed by atoms with van der Waals surface area (Å²) >= 11 is 11.9. The average Bonchev–Trinajstić information content (AvgIpc) is 2.69. The molecule has 0 heterocycles. The number of ether oxygens (including phenoxy) is 2. The van der Waals surface area contributed by atoms with Crippen LogP contribution < -0.4 is 0 Å². The number of carbonyl (C=O) groups is 1. The highest BCUT2D eigenvalue weighted by Gasteiger charge is 2.15. The minimum atomic E-state index is -0.468. The van der Waals surface area contributed by atoms with Crippen molar-refractivity contribution >= 4 is 29.3 Å². The predicted octanol–water partition coefficient (Wildman–Crippen LogP) is 5.19. The van der Waals surface area contributed by atoms with Gasteiger partial charge < -0.3 is 9.47 Å². The molecule has 0 spiro atoms. The second-order valence-corrected chi connectivity index (χ2v) is 6.82. The molecule has 6 heteroatoms. The van der Waals surface area contributed by atoms with Gasteiger partial charge in [-0.3, -0.25) is 4.90 Å². The van der Waals surface area contributed by atoms with Gasteiger partial charge in [0.1, 0.15) is 6.61 Å². The quantitative estimate of drug-likeness (QED) is 0.459.